The van der Waals surface area contributed by atoms with E-state index in [1.807, 2.05) is 0 Å². The molecule has 0 aromatic rings. The summed E-state index contributed by atoms with van der Waals surface area (Å²) in [5.74, 6) is 0. The van der Waals surface area contributed by atoms with E-state index in [0.29, 0.717) is 26.4 Å². The number of hydrogen-bond donors (Lipinski definition) is 0. The van der Waals surface area contributed by atoms with E-state index in [1.165, 1.54) is 103 Å². The Hall–Kier alpha value is 0.620. The third-order valence-corrected chi connectivity index (χ3v) is 8.94. The molecule has 6 nitrogen and oxygen atoms in total. The summed E-state index contributed by atoms with van der Waals surface area (Å²) in [6.45, 7) is 8.25. The number of hydrogen-bond acceptors (Lipinski definition) is 6. The summed E-state index contributed by atoms with van der Waals surface area (Å²) in [5.41, 5.74) is -0.222. The Morgan fingerprint density at radius 1 is 0.457 bits per heavy atom. The summed E-state index contributed by atoms with van der Waals surface area (Å²) >= 11 is 0. The van der Waals surface area contributed by atoms with Crippen molar-refractivity contribution in [1.82, 2.24) is 0 Å². The van der Waals surface area contributed by atoms with Gasteiger partial charge in [-0.05, 0) is 12.8 Å². The highest BCUT2D eigenvalue weighted by Gasteiger charge is 2.43. The molecule has 35 heavy (non-hydrogen) atoms. The van der Waals surface area contributed by atoms with Crippen LogP contribution in [0.25, 0.3) is 0 Å². The summed E-state index contributed by atoms with van der Waals surface area (Å²) in [6, 6.07) is 0. The Kier molecular flexibility index (Phi) is 19.6. The van der Waals surface area contributed by atoms with Crippen LogP contribution in [0.4, 0.5) is 0 Å². The summed E-state index contributed by atoms with van der Waals surface area (Å²) in [5, 5.41) is 0. The van der Waals surface area contributed by atoms with Gasteiger partial charge in [0.05, 0.1) is 45.1 Å². The minimum absolute atomic E-state index is 0.222. The molecule has 8 heteroatoms. The standard InChI is InChI=1S/C27H54O6P2/c1-3-5-7-9-11-13-15-17-19-21-28-34-30-23-27(24-31-34)25-32-35(33-26-27)29-22-20-18-16-14-12-10-8-6-4-2/h3-26H2,1-2H3. The second kappa shape index (κ2) is 21.5. The van der Waals surface area contributed by atoms with E-state index in [0.717, 1.165) is 26.1 Å². The fraction of sp³-hybridized carbons (Fsp3) is 1.00. The third-order valence-electron chi connectivity index (χ3n) is 6.79. The van der Waals surface area contributed by atoms with E-state index in [9.17, 15) is 0 Å². The Morgan fingerprint density at radius 3 is 1.06 bits per heavy atom. The van der Waals surface area contributed by atoms with Crippen molar-refractivity contribution in [1.29, 1.82) is 0 Å². The molecule has 2 fully saturated rings. The Balaban J connectivity index is 1.38. The molecule has 2 aliphatic heterocycles. The van der Waals surface area contributed by atoms with Gasteiger partial charge in [0.1, 0.15) is 0 Å². The Bertz CT molecular complexity index is 423. The van der Waals surface area contributed by atoms with Gasteiger partial charge in [0, 0.05) is 0 Å². The van der Waals surface area contributed by atoms with Gasteiger partial charge in [-0.15, -0.1) is 0 Å². The van der Waals surface area contributed by atoms with Crippen LogP contribution in [0.1, 0.15) is 129 Å². The first-order valence-corrected chi connectivity index (χ1v) is 16.8. The van der Waals surface area contributed by atoms with Crippen LogP contribution in [0.2, 0.25) is 0 Å². The first-order chi connectivity index (χ1) is 17.3. The van der Waals surface area contributed by atoms with E-state index in [4.69, 9.17) is 27.1 Å². The second-order valence-electron chi connectivity index (χ2n) is 10.4. The molecule has 0 radical (unpaired) electrons. The highest BCUT2D eigenvalue weighted by Crippen LogP contribution is 2.53. The van der Waals surface area contributed by atoms with Gasteiger partial charge in [0.25, 0.3) is 0 Å². The molecule has 1 spiro atoms. The molecule has 2 rings (SSSR count). The van der Waals surface area contributed by atoms with Gasteiger partial charge < -0.3 is 27.1 Å². The molecule has 0 aromatic carbocycles. The van der Waals surface area contributed by atoms with E-state index in [1.54, 1.807) is 0 Å². The normalized spacial score (nSPS) is 24.9. The van der Waals surface area contributed by atoms with Crippen LogP contribution in [-0.2, 0) is 27.1 Å². The fourth-order valence-corrected chi connectivity index (χ4v) is 6.86. The molecular formula is C27H54O6P2. The van der Waals surface area contributed by atoms with Crippen molar-refractivity contribution in [2.24, 2.45) is 5.41 Å². The highest BCUT2D eigenvalue weighted by atomic mass is 31.2. The molecular weight excluding hydrogens is 482 g/mol. The van der Waals surface area contributed by atoms with E-state index in [2.05, 4.69) is 13.8 Å². The molecule has 208 valence electrons. The maximum absolute atomic E-state index is 5.88. The van der Waals surface area contributed by atoms with E-state index >= 15 is 0 Å². The second-order valence-corrected chi connectivity index (χ2v) is 12.8. The molecule has 0 bridgehead atoms. The summed E-state index contributed by atoms with van der Waals surface area (Å²) < 4.78 is 35.2. The van der Waals surface area contributed by atoms with Crippen LogP contribution in [0.5, 0.6) is 0 Å². The third kappa shape index (κ3) is 15.6. The van der Waals surface area contributed by atoms with E-state index < -0.39 is 17.2 Å². The van der Waals surface area contributed by atoms with Crippen molar-refractivity contribution in [3.63, 3.8) is 0 Å². The Labute approximate surface area is 218 Å². The predicted octanol–water partition coefficient (Wildman–Crippen LogP) is 9.61. The van der Waals surface area contributed by atoms with Crippen molar-refractivity contribution < 1.29 is 27.1 Å². The quantitative estimate of drug-likeness (QED) is 0.101. The topological polar surface area (TPSA) is 55.4 Å². The molecule has 0 atom stereocenters. The molecule has 0 unspecified atom stereocenters. The molecule has 2 aliphatic rings. The summed E-state index contributed by atoms with van der Waals surface area (Å²) in [7, 11) is -2.45. The van der Waals surface area contributed by atoms with Gasteiger partial charge in [0.15, 0.2) is 0 Å². The first kappa shape index (κ1) is 31.8. The van der Waals surface area contributed by atoms with Crippen LogP contribution >= 0.6 is 17.2 Å². The Morgan fingerprint density at radius 2 is 0.743 bits per heavy atom. The molecule has 2 heterocycles. The SMILES string of the molecule is CCCCCCCCCCCOP1OCC2(CO1)COP(OCCCCCCCCCCC)OC2. The molecule has 0 N–H and O–H groups in total. The van der Waals surface area contributed by atoms with E-state index in [-0.39, 0.29) is 5.41 Å². The number of rotatable bonds is 22. The molecule has 0 aliphatic carbocycles. The van der Waals surface area contributed by atoms with Crippen molar-refractivity contribution in [2.75, 3.05) is 39.6 Å². The maximum Gasteiger partial charge on any atom is 0.332 e. The number of unbranched alkanes of at least 4 members (excludes halogenated alkanes) is 16. The minimum Gasteiger partial charge on any atom is -0.312 e. The lowest BCUT2D eigenvalue weighted by atomic mass is 9.93. The lowest BCUT2D eigenvalue weighted by Gasteiger charge is -2.41. The summed E-state index contributed by atoms with van der Waals surface area (Å²) in [6.07, 6.45) is 23.6. The van der Waals surface area contributed by atoms with Gasteiger partial charge in [-0.2, -0.15) is 0 Å². The van der Waals surface area contributed by atoms with Gasteiger partial charge in [-0.25, -0.2) is 0 Å². The highest BCUT2D eigenvalue weighted by molar-refractivity contribution is 7.42. The zero-order valence-corrected chi connectivity index (χ0v) is 24.6. The van der Waals surface area contributed by atoms with Crippen LogP contribution in [0.3, 0.4) is 0 Å². The fourth-order valence-electron chi connectivity index (χ4n) is 4.34. The van der Waals surface area contributed by atoms with Crippen molar-refractivity contribution in [3.8, 4) is 0 Å². The van der Waals surface area contributed by atoms with Gasteiger partial charge in [0.2, 0.25) is 0 Å². The maximum atomic E-state index is 5.88. The zero-order chi connectivity index (χ0) is 24.9. The predicted molar refractivity (Wildman–Crippen MR) is 146 cm³/mol. The molecule has 2 saturated heterocycles. The van der Waals surface area contributed by atoms with Gasteiger partial charge >= 0.3 is 17.2 Å². The van der Waals surface area contributed by atoms with Crippen molar-refractivity contribution >= 4 is 17.2 Å². The smallest absolute Gasteiger partial charge is 0.312 e. The lowest BCUT2D eigenvalue weighted by Crippen LogP contribution is -2.44. The average molecular weight is 537 g/mol. The van der Waals surface area contributed by atoms with Crippen LogP contribution in [0, 0.1) is 5.41 Å². The molecule has 0 aromatic heterocycles. The average Bonchev–Trinajstić information content (AvgIpc) is 2.88. The zero-order valence-electron chi connectivity index (χ0n) is 22.8. The molecule has 0 saturated carbocycles. The van der Waals surface area contributed by atoms with Gasteiger partial charge in [-0.3, -0.25) is 0 Å². The minimum atomic E-state index is -1.23. The van der Waals surface area contributed by atoms with Crippen molar-refractivity contribution in [3.05, 3.63) is 0 Å². The monoisotopic (exact) mass is 536 g/mol. The lowest BCUT2D eigenvalue weighted by molar-refractivity contribution is -0.0761. The van der Waals surface area contributed by atoms with Crippen LogP contribution < -0.4 is 0 Å². The molecule has 0 amide bonds. The van der Waals surface area contributed by atoms with Crippen LogP contribution in [0.15, 0.2) is 0 Å². The van der Waals surface area contributed by atoms with Crippen LogP contribution in [-0.4, -0.2) is 39.6 Å². The largest absolute Gasteiger partial charge is 0.332 e. The van der Waals surface area contributed by atoms with Crippen molar-refractivity contribution in [2.45, 2.75) is 129 Å². The van der Waals surface area contributed by atoms with Gasteiger partial charge in [-0.1, -0.05) is 117 Å². The summed E-state index contributed by atoms with van der Waals surface area (Å²) in [4.78, 5) is 0. The first-order valence-electron chi connectivity index (χ1n) is 14.7.